The van der Waals surface area contributed by atoms with E-state index in [-0.39, 0.29) is 0 Å². The first-order valence-electron chi connectivity index (χ1n) is 11.5. The van der Waals surface area contributed by atoms with Gasteiger partial charge in [0.1, 0.15) is 11.5 Å². The lowest BCUT2D eigenvalue weighted by atomic mass is 9.87. The van der Waals surface area contributed by atoms with E-state index in [1.165, 1.54) is 25.7 Å². The number of rotatable bonds is 13. The van der Waals surface area contributed by atoms with Crippen molar-refractivity contribution in [2.45, 2.75) is 72.1 Å². The molecule has 1 unspecified atom stereocenters. The van der Waals surface area contributed by atoms with Crippen LogP contribution in [0.25, 0.3) is 11.1 Å². The topological polar surface area (TPSA) is 59.3 Å². The molecule has 0 aliphatic rings. The fraction of sp³-hybridized carbons (Fsp3) is 0.481. The molecule has 0 aromatic heterocycles. The molecule has 166 valence electrons. The van der Waals surface area contributed by atoms with Crippen LogP contribution in [0.1, 0.15) is 72.1 Å². The van der Waals surface area contributed by atoms with Crippen LogP contribution in [-0.2, 0) is 4.79 Å². The fourth-order valence-electron chi connectivity index (χ4n) is 3.31. The quantitative estimate of drug-likeness (QED) is 0.193. The van der Waals surface area contributed by atoms with Gasteiger partial charge in [-0.05, 0) is 55.2 Å². The zero-order chi connectivity index (χ0) is 22.5. The first-order valence-corrected chi connectivity index (χ1v) is 11.5. The Labute approximate surface area is 187 Å². The lowest BCUT2D eigenvalue weighted by molar-refractivity contribution is -0.142. The molecule has 0 aliphatic carbocycles. The van der Waals surface area contributed by atoms with Crippen molar-refractivity contribution >= 4 is 5.97 Å². The average Bonchev–Trinajstić information content (AvgIpc) is 2.80. The Kier molecular flexibility index (Phi) is 10.1. The van der Waals surface area contributed by atoms with E-state index in [4.69, 9.17) is 9.47 Å². The summed E-state index contributed by atoms with van der Waals surface area (Å²) in [5.41, 5.74) is 0.985. The third-order valence-corrected chi connectivity index (χ3v) is 5.50. The maximum atomic E-state index is 12.5. The summed E-state index contributed by atoms with van der Waals surface area (Å²) in [6.45, 7) is 6.66. The van der Waals surface area contributed by atoms with Crippen molar-refractivity contribution in [3.8, 4) is 28.7 Å². The lowest BCUT2D eigenvalue weighted by Crippen LogP contribution is -2.30. The molecule has 1 atom stereocenters. The zero-order valence-corrected chi connectivity index (χ0v) is 19.2. The smallest absolute Gasteiger partial charge is 0.331 e. The average molecular weight is 422 g/mol. The van der Waals surface area contributed by atoms with E-state index < -0.39 is 11.4 Å². The van der Waals surface area contributed by atoms with Gasteiger partial charge in [0.15, 0.2) is 5.41 Å². The third-order valence-electron chi connectivity index (χ3n) is 5.50. The summed E-state index contributed by atoms with van der Waals surface area (Å²) in [6.07, 6.45) is 8.38. The second-order valence-electron chi connectivity index (χ2n) is 8.25. The van der Waals surface area contributed by atoms with Crippen molar-refractivity contribution in [3.63, 3.8) is 0 Å². The van der Waals surface area contributed by atoms with Gasteiger partial charge in [-0.2, -0.15) is 5.26 Å². The Bertz CT molecular complexity index is 836. The van der Waals surface area contributed by atoms with E-state index in [1.54, 1.807) is 19.1 Å². The summed E-state index contributed by atoms with van der Waals surface area (Å²) in [7, 11) is 0. The van der Waals surface area contributed by atoms with Gasteiger partial charge < -0.3 is 9.47 Å². The SMILES string of the molecule is CCCCCCCOc1ccc(-c2ccc(OC(=O)C(C)(C#N)CCCC)cc2)cc1. The minimum absolute atomic E-state index is 0.453. The van der Waals surface area contributed by atoms with Crippen molar-refractivity contribution in [1.29, 1.82) is 5.26 Å². The first-order chi connectivity index (χ1) is 15.0. The molecule has 2 aromatic rings. The van der Waals surface area contributed by atoms with E-state index in [9.17, 15) is 10.1 Å². The van der Waals surface area contributed by atoms with E-state index in [0.29, 0.717) is 12.2 Å². The Hall–Kier alpha value is -2.80. The maximum Gasteiger partial charge on any atom is 0.331 e. The van der Waals surface area contributed by atoms with Crippen LogP contribution in [0.15, 0.2) is 48.5 Å². The van der Waals surface area contributed by atoms with Crippen LogP contribution in [0.2, 0.25) is 0 Å². The molecule has 0 amide bonds. The Balaban J connectivity index is 1.90. The number of unbranched alkanes of at least 4 members (excludes halogenated alkanes) is 5. The van der Waals surface area contributed by atoms with E-state index >= 15 is 0 Å². The number of carbonyl (C=O) groups is 1. The Morgan fingerprint density at radius 3 is 1.94 bits per heavy atom. The molecular weight excluding hydrogens is 386 g/mol. The molecule has 0 saturated heterocycles. The highest BCUT2D eigenvalue weighted by Crippen LogP contribution is 2.28. The number of carbonyl (C=O) groups excluding carboxylic acids is 1. The summed E-state index contributed by atoms with van der Waals surface area (Å²) in [5.74, 6) is 0.842. The normalized spacial score (nSPS) is 12.6. The van der Waals surface area contributed by atoms with Crippen LogP contribution in [0.3, 0.4) is 0 Å². The largest absolute Gasteiger partial charge is 0.494 e. The van der Waals surface area contributed by atoms with Gasteiger partial charge in [0.25, 0.3) is 0 Å². The van der Waals surface area contributed by atoms with Gasteiger partial charge in [-0.3, -0.25) is 0 Å². The molecule has 0 fully saturated rings. The van der Waals surface area contributed by atoms with E-state index in [1.807, 2.05) is 43.3 Å². The molecule has 4 heteroatoms. The van der Waals surface area contributed by atoms with Gasteiger partial charge in [-0.1, -0.05) is 76.6 Å². The molecule has 0 heterocycles. The van der Waals surface area contributed by atoms with Crippen LogP contribution in [0.4, 0.5) is 0 Å². The van der Waals surface area contributed by atoms with Crippen molar-refractivity contribution in [1.82, 2.24) is 0 Å². The molecule has 0 N–H and O–H groups in total. The molecule has 31 heavy (non-hydrogen) atoms. The van der Waals surface area contributed by atoms with Crippen molar-refractivity contribution in [3.05, 3.63) is 48.5 Å². The number of nitriles is 1. The molecule has 0 saturated carbocycles. The molecule has 4 nitrogen and oxygen atoms in total. The summed E-state index contributed by atoms with van der Waals surface area (Å²) >= 11 is 0. The van der Waals surface area contributed by atoms with Crippen molar-refractivity contribution < 1.29 is 14.3 Å². The number of benzene rings is 2. The fourth-order valence-corrected chi connectivity index (χ4v) is 3.31. The van der Waals surface area contributed by atoms with Gasteiger partial charge in [0.2, 0.25) is 0 Å². The van der Waals surface area contributed by atoms with Crippen LogP contribution < -0.4 is 9.47 Å². The highest BCUT2D eigenvalue weighted by molar-refractivity contribution is 5.81. The summed E-state index contributed by atoms with van der Waals surface area (Å²) in [6, 6.07) is 17.5. The predicted molar refractivity (Wildman–Crippen MR) is 125 cm³/mol. The molecule has 0 bridgehead atoms. The summed E-state index contributed by atoms with van der Waals surface area (Å²) in [4.78, 5) is 12.5. The van der Waals surface area contributed by atoms with Crippen LogP contribution in [0, 0.1) is 16.7 Å². The summed E-state index contributed by atoms with van der Waals surface area (Å²) < 4.78 is 11.3. The van der Waals surface area contributed by atoms with E-state index in [2.05, 4.69) is 13.0 Å². The molecule has 0 aliphatic heterocycles. The van der Waals surface area contributed by atoms with Crippen LogP contribution >= 0.6 is 0 Å². The van der Waals surface area contributed by atoms with Crippen molar-refractivity contribution in [2.24, 2.45) is 5.41 Å². The highest BCUT2D eigenvalue weighted by Gasteiger charge is 2.34. The first kappa shape index (κ1) is 24.5. The van der Waals surface area contributed by atoms with Crippen molar-refractivity contribution in [2.75, 3.05) is 6.61 Å². The van der Waals surface area contributed by atoms with Crippen LogP contribution in [-0.4, -0.2) is 12.6 Å². The Morgan fingerprint density at radius 2 is 1.39 bits per heavy atom. The molecule has 2 rings (SSSR count). The van der Waals surface area contributed by atoms with E-state index in [0.717, 1.165) is 42.7 Å². The Morgan fingerprint density at radius 1 is 0.839 bits per heavy atom. The molecule has 0 radical (unpaired) electrons. The monoisotopic (exact) mass is 421 g/mol. The minimum Gasteiger partial charge on any atom is -0.494 e. The zero-order valence-electron chi connectivity index (χ0n) is 19.2. The highest BCUT2D eigenvalue weighted by atomic mass is 16.5. The number of hydrogen-bond acceptors (Lipinski definition) is 4. The number of ether oxygens (including phenoxy) is 2. The number of esters is 1. The predicted octanol–water partition coefficient (Wildman–Crippen LogP) is 7.33. The van der Waals surface area contributed by atoms with Gasteiger partial charge in [0, 0.05) is 0 Å². The number of nitrogens with zero attached hydrogens (tertiary/aromatic N) is 1. The van der Waals surface area contributed by atoms with Gasteiger partial charge in [-0.25, -0.2) is 4.79 Å². The number of hydrogen-bond donors (Lipinski definition) is 0. The van der Waals surface area contributed by atoms with Gasteiger partial charge in [0.05, 0.1) is 12.7 Å². The lowest BCUT2D eigenvalue weighted by Gasteiger charge is -2.19. The molecule has 0 spiro atoms. The molecular formula is C27H35NO3. The maximum absolute atomic E-state index is 12.5. The van der Waals surface area contributed by atoms with Gasteiger partial charge in [-0.15, -0.1) is 0 Å². The standard InChI is InChI=1S/C27H35NO3/c1-4-6-8-9-10-20-30-24-15-11-22(12-16-24)23-13-17-25(18-14-23)31-26(29)27(3,21-28)19-7-5-2/h11-18H,4-10,19-20H2,1-3H3. The second-order valence-corrected chi connectivity index (χ2v) is 8.25. The molecule has 2 aromatic carbocycles. The minimum atomic E-state index is -1.11. The second kappa shape index (κ2) is 12.8. The summed E-state index contributed by atoms with van der Waals surface area (Å²) in [5, 5.41) is 9.42. The van der Waals surface area contributed by atoms with Gasteiger partial charge >= 0.3 is 5.97 Å². The van der Waals surface area contributed by atoms with Crippen LogP contribution in [0.5, 0.6) is 11.5 Å². The third kappa shape index (κ3) is 7.75.